The average Bonchev–Trinajstić information content (AvgIpc) is 3.10. The minimum Gasteiger partial charge on any atom is -0.463 e. The number of nitrogens with one attached hydrogen (secondary N) is 1. The van der Waals surface area contributed by atoms with Crippen LogP contribution in [-0.2, 0) is 16.1 Å². The molecule has 1 N–H and O–H groups in total. The molecule has 0 amide bonds. The molecular formula is C21H24ClN3O2. The molecule has 0 bridgehead atoms. The summed E-state index contributed by atoms with van der Waals surface area (Å²) in [6.45, 7) is 5.09. The van der Waals surface area contributed by atoms with Gasteiger partial charge < -0.3 is 10.1 Å². The summed E-state index contributed by atoms with van der Waals surface area (Å²) in [5, 5.41) is 3.98. The Bertz CT molecular complexity index is 795. The summed E-state index contributed by atoms with van der Waals surface area (Å²) in [5.74, 6) is 0.303. The van der Waals surface area contributed by atoms with Gasteiger partial charge in [0, 0.05) is 37.9 Å². The van der Waals surface area contributed by atoms with E-state index < -0.39 is 0 Å². The van der Waals surface area contributed by atoms with Crippen LogP contribution in [0.25, 0.3) is 6.08 Å². The predicted octanol–water partition coefficient (Wildman–Crippen LogP) is 4.00. The standard InChI is InChI=1S/C21H24ClN3O2/c1-2-27-20(26)9-8-17-12-19(22)21(23-13-17)24-18-10-11-25(15-18)14-16-6-4-3-5-7-16/h3-9,12-13,18H,2,10-11,14-15H2,1H3,(H,23,24)/b9-8+/t18-/m0/s1. The van der Waals surface area contributed by atoms with Gasteiger partial charge in [0.25, 0.3) is 0 Å². The molecule has 0 saturated carbocycles. The van der Waals surface area contributed by atoms with Gasteiger partial charge in [0.1, 0.15) is 5.82 Å². The third-order valence-electron chi connectivity index (χ3n) is 4.42. The second-order valence-electron chi connectivity index (χ2n) is 6.54. The summed E-state index contributed by atoms with van der Waals surface area (Å²) in [7, 11) is 0. The fourth-order valence-electron chi connectivity index (χ4n) is 3.13. The third kappa shape index (κ3) is 5.81. The summed E-state index contributed by atoms with van der Waals surface area (Å²) in [4.78, 5) is 18.2. The van der Waals surface area contributed by atoms with Crippen molar-refractivity contribution >= 4 is 29.5 Å². The Morgan fingerprint density at radius 2 is 2.22 bits per heavy atom. The molecule has 0 unspecified atom stereocenters. The summed E-state index contributed by atoms with van der Waals surface area (Å²) in [6.07, 6.45) is 5.77. The van der Waals surface area contributed by atoms with Crippen molar-refractivity contribution in [3.05, 3.63) is 64.8 Å². The SMILES string of the molecule is CCOC(=O)/C=C/c1cnc(N[C@H]2CCN(Cc3ccccc3)C2)c(Cl)c1. The highest BCUT2D eigenvalue weighted by Gasteiger charge is 2.23. The van der Waals surface area contributed by atoms with Crippen LogP contribution in [0.15, 0.2) is 48.7 Å². The minimum absolute atomic E-state index is 0.319. The van der Waals surface area contributed by atoms with Gasteiger partial charge in [0.05, 0.1) is 11.6 Å². The van der Waals surface area contributed by atoms with E-state index >= 15 is 0 Å². The number of carbonyl (C=O) groups is 1. The van der Waals surface area contributed by atoms with Crippen LogP contribution in [0.2, 0.25) is 5.02 Å². The molecule has 1 atom stereocenters. The van der Waals surface area contributed by atoms with Crippen LogP contribution in [0.4, 0.5) is 5.82 Å². The number of pyridine rings is 1. The summed E-state index contributed by atoms with van der Waals surface area (Å²) < 4.78 is 4.86. The molecule has 1 aliphatic rings. The van der Waals surface area contributed by atoms with Crippen LogP contribution in [0.5, 0.6) is 0 Å². The molecule has 1 saturated heterocycles. The van der Waals surface area contributed by atoms with E-state index in [4.69, 9.17) is 16.3 Å². The van der Waals surface area contributed by atoms with E-state index in [9.17, 15) is 4.79 Å². The first kappa shape index (κ1) is 19.4. The molecule has 0 spiro atoms. The summed E-state index contributed by atoms with van der Waals surface area (Å²) in [5.41, 5.74) is 2.09. The average molecular weight is 386 g/mol. The lowest BCUT2D eigenvalue weighted by molar-refractivity contribution is -0.137. The number of esters is 1. The fraction of sp³-hybridized carbons (Fsp3) is 0.333. The zero-order valence-electron chi connectivity index (χ0n) is 15.4. The van der Waals surface area contributed by atoms with Crippen LogP contribution in [-0.4, -0.2) is 41.6 Å². The molecule has 27 heavy (non-hydrogen) atoms. The third-order valence-corrected chi connectivity index (χ3v) is 4.71. The molecule has 1 aromatic carbocycles. The Kier molecular flexibility index (Phi) is 6.85. The maximum absolute atomic E-state index is 11.4. The van der Waals surface area contributed by atoms with Gasteiger partial charge in [-0.25, -0.2) is 9.78 Å². The summed E-state index contributed by atoms with van der Waals surface area (Å²) >= 11 is 6.36. The van der Waals surface area contributed by atoms with Crippen LogP contribution in [0, 0.1) is 0 Å². The van der Waals surface area contributed by atoms with Gasteiger partial charge in [-0.1, -0.05) is 41.9 Å². The van der Waals surface area contributed by atoms with Crippen LogP contribution in [0.1, 0.15) is 24.5 Å². The molecule has 1 aliphatic heterocycles. The Morgan fingerprint density at radius 3 is 2.96 bits per heavy atom. The first-order valence-corrected chi connectivity index (χ1v) is 9.55. The van der Waals surface area contributed by atoms with E-state index in [1.54, 1.807) is 25.3 Å². The maximum Gasteiger partial charge on any atom is 0.330 e. The van der Waals surface area contributed by atoms with Crippen LogP contribution >= 0.6 is 11.6 Å². The number of carbonyl (C=O) groups excluding carboxylic acids is 1. The molecule has 2 heterocycles. The number of aromatic nitrogens is 1. The highest BCUT2D eigenvalue weighted by Crippen LogP contribution is 2.24. The van der Waals surface area contributed by atoms with E-state index in [-0.39, 0.29) is 5.97 Å². The van der Waals surface area contributed by atoms with E-state index in [0.717, 1.165) is 31.6 Å². The molecule has 2 aromatic rings. The molecule has 3 rings (SSSR count). The van der Waals surface area contributed by atoms with Crippen LogP contribution < -0.4 is 5.32 Å². The number of likely N-dealkylation sites (tertiary alicyclic amines) is 1. The Balaban J connectivity index is 1.54. The van der Waals surface area contributed by atoms with Gasteiger partial charge in [-0.3, -0.25) is 4.90 Å². The van der Waals surface area contributed by atoms with E-state index in [1.165, 1.54) is 11.6 Å². The quantitative estimate of drug-likeness (QED) is 0.576. The number of hydrogen-bond donors (Lipinski definition) is 1. The fourth-order valence-corrected chi connectivity index (χ4v) is 3.36. The van der Waals surface area contributed by atoms with Crippen molar-refractivity contribution < 1.29 is 9.53 Å². The first-order chi connectivity index (χ1) is 13.1. The summed E-state index contributed by atoms with van der Waals surface area (Å²) in [6, 6.07) is 12.6. The Hall–Kier alpha value is -2.37. The lowest BCUT2D eigenvalue weighted by atomic mass is 10.2. The topological polar surface area (TPSA) is 54.5 Å². The van der Waals surface area contributed by atoms with Crippen molar-refractivity contribution in [2.75, 3.05) is 25.0 Å². The maximum atomic E-state index is 11.4. The van der Waals surface area contributed by atoms with Crippen molar-refractivity contribution in [1.82, 2.24) is 9.88 Å². The predicted molar refractivity (Wildman–Crippen MR) is 109 cm³/mol. The monoisotopic (exact) mass is 385 g/mol. The van der Waals surface area contributed by atoms with Crippen LogP contribution in [0.3, 0.4) is 0 Å². The lowest BCUT2D eigenvalue weighted by Gasteiger charge is -2.17. The van der Waals surface area contributed by atoms with E-state index in [2.05, 4.69) is 39.5 Å². The number of halogens is 1. The van der Waals surface area contributed by atoms with Crippen molar-refractivity contribution in [2.45, 2.75) is 25.9 Å². The number of rotatable bonds is 7. The normalized spacial score (nSPS) is 17.3. The Labute approximate surface area is 165 Å². The van der Waals surface area contributed by atoms with Gasteiger partial charge in [0.15, 0.2) is 0 Å². The van der Waals surface area contributed by atoms with Crippen molar-refractivity contribution in [1.29, 1.82) is 0 Å². The van der Waals surface area contributed by atoms with Crippen molar-refractivity contribution in [3.63, 3.8) is 0 Å². The number of anilines is 1. The Morgan fingerprint density at radius 1 is 1.41 bits per heavy atom. The van der Waals surface area contributed by atoms with Crippen molar-refractivity contribution in [3.8, 4) is 0 Å². The second-order valence-corrected chi connectivity index (χ2v) is 6.94. The first-order valence-electron chi connectivity index (χ1n) is 9.17. The van der Waals surface area contributed by atoms with Gasteiger partial charge in [0.2, 0.25) is 0 Å². The van der Waals surface area contributed by atoms with E-state index in [0.29, 0.717) is 23.5 Å². The highest BCUT2D eigenvalue weighted by atomic mass is 35.5. The van der Waals surface area contributed by atoms with Gasteiger partial charge in [-0.05, 0) is 36.6 Å². The van der Waals surface area contributed by atoms with E-state index in [1.807, 2.05) is 6.07 Å². The zero-order valence-corrected chi connectivity index (χ0v) is 16.2. The van der Waals surface area contributed by atoms with Gasteiger partial charge >= 0.3 is 5.97 Å². The number of hydrogen-bond acceptors (Lipinski definition) is 5. The molecule has 5 nitrogen and oxygen atoms in total. The largest absolute Gasteiger partial charge is 0.463 e. The number of ether oxygens (including phenoxy) is 1. The van der Waals surface area contributed by atoms with Gasteiger partial charge in [-0.15, -0.1) is 0 Å². The molecule has 0 radical (unpaired) electrons. The highest BCUT2D eigenvalue weighted by molar-refractivity contribution is 6.33. The van der Waals surface area contributed by atoms with Crippen molar-refractivity contribution in [2.24, 2.45) is 0 Å². The second kappa shape index (κ2) is 9.53. The number of benzene rings is 1. The lowest BCUT2D eigenvalue weighted by Crippen LogP contribution is -2.26. The molecule has 0 aliphatic carbocycles. The molecular weight excluding hydrogens is 362 g/mol. The molecule has 142 valence electrons. The zero-order chi connectivity index (χ0) is 19.1. The minimum atomic E-state index is -0.375. The molecule has 6 heteroatoms. The number of nitrogens with zero attached hydrogens (tertiary/aromatic N) is 2. The molecule has 1 aromatic heterocycles. The van der Waals surface area contributed by atoms with Gasteiger partial charge in [-0.2, -0.15) is 0 Å². The smallest absolute Gasteiger partial charge is 0.330 e. The molecule has 1 fully saturated rings.